The molecule has 0 radical (unpaired) electrons. The first-order valence-corrected chi connectivity index (χ1v) is 4.52. The van der Waals surface area contributed by atoms with Gasteiger partial charge in [0.1, 0.15) is 5.69 Å². The summed E-state index contributed by atoms with van der Waals surface area (Å²) < 4.78 is 0. The molecule has 2 N–H and O–H groups in total. The van der Waals surface area contributed by atoms with Gasteiger partial charge in [0.25, 0.3) is 0 Å². The summed E-state index contributed by atoms with van der Waals surface area (Å²) in [6.45, 7) is 2.31. The minimum absolute atomic E-state index is 0.0441. The number of pyridine rings is 1. The van der Waals surface area contributed by atoms with Crippen molar-refractivity contribution < 1.29 is 9.90 Å². The van der Waals surface area contributed by atoms with Gasteiger partial charge in [-0.25, -0.2) is 9.78 Å². The number of terminal acetylenes is 1. The summed E-state index contributed by atoms with van der Waals surface area (Å²) in [5.41, 5.74) is 0.708. The molecule has 0 fully saturated rings. The molecule has 4 heteroatoms. The molecule has 0 saturated heterocycles. The Bertz CT molecular complexity index is 396. The van der Waals surface area contributed by atoms with Gasteiger partial charge in [-0.05, 0) is 19.1 Å². The van der Waals surface area contributed by atoms with Crippen LogP contribution in [0.3, 0.4) is 0 Å². The first-order valence-electron chi connectivity index (χ1n) is 4.52. The standard InChI is InChI=1S/C11H12N2O2/c1-3-8(2)12-7-9-5-4-6-10(13-9)11(14)15/h1,4-6,8,12H,7H2,2H3,(H,14,15). The van der Waals surface area contributed by atoms with Gasteiger partial charge in [0.2, 0.25) is 0 Å². The molecular formula is C11H12N2O2. The molecule has 0 amide bonds. The Morgan fingerprint density at radius 3 is 3.07 bits per heavy atom. The lowest BCUT2D eigenvalue weighted by atomic mass is 10.3. The third-order valence-electron chi connectivity index (χ3n) is 1.87. The Labute approximate surface area is 88.3 Å². The number of rotatable bonds is 4. The fourth-order valence-electron chi connectivity index (χ4n) is 1.01. The number of nitrogens with zero attached hydrogens (tertiary/aromatic N) is 1. The van der Waals surface area contributed by atoms with Gasteiger partial charge < -0.3 is 5.11 Å². The van der Waals surface area contributed by atoms with Gasteiger partial charge in [0.15, 0.2) is 0 Å². The zero-order valence-corrected chi connectivity index (χ0v) is 8.40. The van der Waals surface area contributed by atoms with Gasteiger partial charge in [-0.1, -0.05) is 12.0 Å². The minimum atomic E-state index is -1.03. The Morgan fingerprint density at radius 2 is 2.47 bits per heavy atom. The summed E-state index contributed by atoms with van der Waals surface area (Å²) >= 11 is 0. The molecule has 0 aliphatic rings. The van der Waals surface area contributed by atoms with Gasteiger partial charge in [0, 0.05) is 6.54 Å². The summed E-state index contributed by atoms with van der Waals surface area (Å²) in [4.78, 5) is 14.6. The van der Waals surface area contributed by atoms with E-state index in [9.17, 15) is 4.79 Å². The zero-order valence-electron chi connectivity index (χ0n) is 8.40. The van der Waals surface area contributed by atoms with E-state index in [1.54, 1.807) is 12.1 Å². The number of nitrogens with one attached hydrogen (secondary N) is 1. The molecule has 1 atom stereocenters. The third-order valence-corrected chi connectivity index (χ3v) is 1.87. The van der Waals surface area contributed by atoms with E-state index in [1.165, 1.54) is 6.07 Å². The average molecular weight is 204 g/mol. The minimum Gasteiger partial charge on any atom is -0.477 e. The maximum atomic E-state index is 10.6. The molecule has 1 aromatic rings. The first-order chi connectivity index (χ1) is 7.13. The Balaban J connectivity index is 2.67. The highest BCUT2D eigenvalue weighted by Crippen LogP contribution is 1.99. The summed E-state index contributed by atoms with van der Waals surface area (Å²) in [5.74, 6) is 1.49. The van der Waals surface area contributed by atoms with E-state index >= 15 is 0 Å². The number of carboxylic acids is 1. The van der Waals surface area contributed by atoms with Crippen LogP contribution in [0.2, 0.25) is 0 Å². The van der Waals surface area contributed by atoms with E-state index in [4.69, 9.17) is 11.5 Å². The van der Waals surface area contributed by atoms with Crippen LogP contribution < -0.4 is 5.32 Å². The molecule has 1 unspecified atom stereocenters. The summed E-state index contributed by atoms with van der Waals surface area (Å²) in [5, 5.41) is 11.7. The Hall–Kier alpha value is -1.86. The summed E-state index contributed by atoms with van der Waals surface area (Å²) in [6.07, 6.45) is 5.19. The highest BCUT2D eigenvalue weighted by Gasteiger charge is 2.05. The first kappa shape index (κ1) is 11.2. The van der Waals surface area contributed by atoms with Crippen LogP contribution in [0.5, 0.6) is 0 Å². The number of aromatic carboxylic acids is 1. The maximum absolute atomic E-state index is 10.6. The molecule has 15 heavy (non-hydrogen) atoms. The molecule has 0 spiro atoms. The topological polar surface area (TPSA) is 62.2 Å². The zero-order chi connectivity index (χ0) is 11.3. The van der Waals surface area contributed by atoms with Crippen molar-refractivity contribution in [1.82, 2.24) is 10.3 Å². The molecule has 1 aromatic heterocycles. The second-order valence-corrected chi connectivity index (χ2v) is 3.09. The molecular weight excluding hydrogens is 192 g/mol. The predicted octanol–water partition coefficient (Wildman–Crippen LogP) is 0.891. The second kappa shape index (κ2) is 5.13. The maximum Gasteiger partial charge on any atom is 0.354 e. The quantitative estimate of drug-likeness (QED) is 0.715. The van der Waals surface area contributed by atoms with E-state index in [0.29, 0.717) is 12.2 Å². The third kappa shape index (κ3) is 3.41. The van der Waals surface area contributed by atoms with Crippen molar-refractivity contribution >= 4 is 5.97 Å². The fraction of sp³-hybridized carbons (Fsp3) is 0.273. The van der Waals surface area contributed by atoms with Crippen LogP contribution in [0.15, 0.2) is 18.2 Å². The number of hydrogen-bond acceptors (Lipinski definition) is 3. The highest BCUT2D eigenvalue weighted by atomic mass is 16.4. The van der Waals surface area contributed by atoms with Gasteiger partial charge >= 0.3 is 5.97 Å². The molecule has 0 saturated carbocycles. The van der Waals surface area contributed by atoms with Crippen LogP contribution in [0.1, 0.15) is 23.1 Å². The van der Waals surface area contributed by atoms with E-state index < -0.39 is 5.97 Å². The normalized spacial score (nSPS) is 11.7. The van der Waals surface area contributed by atoms with Gasteiger partial charge in [-0.15, -0.1) is 6.42 Å². The van der Waals surface area contributed by atoms with Crippen LogP contribution in [-0.4, -0.2) is 22.1 Å². The van der Waals surface area contributed by atoms with Crippen LogP contribution >= 0.6 is 0 Å². The van der Waals surface area contributed by atoms with Crippen molar-refractivity contribution in [3.05, 3.63) is 29.6 Å². The lowest BCUT2D eigenvalue weighted by Gasteiger charge is -2.06. The molecule has 0 aliphatic heterocycles. The fourth-order valence-corrected chi connectivity index (χ4v) is 1.01. The van der Waals surface area contributed by atoms with Crippen LogP contribution in [0.4, 0.5) is 0 Å². The number of hydrogen-bond donors (Lipinski definition) is 2. The lowest BCUT2D eigenvalue weighted by molar-refractivity contribution is 0.0690. The van der Waals surface area contributed by atoms with E-state index in [-0.39, 0.29) is 11.7 Å². The summed E-state index contributed by atoms with van der Waals surface area (Å²) in [7, 11) is 0. The van der Waals surface area contributed by atoms with Crippen LogP contribution in [-0.2, 0) is 6.54 Å². The van der Waals surface area contributed by atoms with E-state index in [1.807, 2.05) is 6.92 Å². The van der Waals surface area contributed by atoms with Crippen molar-refractivity contribution in [2.45, 2.75) is 19.5 Å². The van der Waals surface area contributed by atoms with E-state index in [2.05, 4.69) is 16.2 Å². The van der Waals surface area contributed by atoms with Crippen molar-refractivity contribution in [1.29, 1.82) is 0 Å². The van der Waals surface area contributed by atoms with Crippen molar-refractivity contribution in [2.75, 3.05) is 0 Å². The lowest BCUT2D eigenvalue weighted by Crippen LogP contribution is -2.24. The average Bonchev–Trinajstić information content (AvgIpc) is 2.26. The van der Waals surface area contributed by atoms with Crippen molar-refractivity contribution in [3.63, 3.8) is 0 Å². The van der Waals surface area contributed by atoms with Crippen molar-refractivity contribution in [3.8, 4) is 12.3 Å². The largest absolute Gasteiger partial charge is 0.477 e. The smallest absolute Gasteiger partial charge is 0.354 e. The predicted molar refractivity (Wildman–Crippen MR) is 56.3 cm³/mol. The number of carboxylic acid groups (broad SMARTS) is 1. The van der Waals surface area contributed by atoms with E-state index in [0.717, 1.165) is 0 Å². The van der Waals surface area contributed by atoms with Crippen molar-refractivity contribution in [2.24, 2.45) is 0 Å². The number of aromatic nitrogens is 1. The molecule has 1 heterocycles. The molecule has 0 aromatic carbocycles. The molecule has 78 valence electrons. The van der Waals surface area contributed by atoms with Gasteiger partial charge in [-0.3, -0.25) is 5.32 Å². The molecule has 0 aliphatic carbocycles. The molecule has 0 bridgehead atoms. The second-order valence-electron chi connectivity index (χ2n) is 3.09. The van der Waals surface area contributed by atoms with Gasteiger partial charge in [-0.2, -0.15) is 0 Å². The monoisotopic (exact) mass is 204 g/mol. The molecule has 4 nitrogen and oxygen atoms in total. The SMILES string of the molecule is C#CC(C)NCc1cccc(C(=O)O)n1. The highest BCUT2D eigenvalue weighted by molar-refractivity contribution is 5.85. The Morgan fingerprint density at radius 1 is 1.73 bits per heavy atom. The molecule has 1 rings (SSSR count). The van der Waals surface area contributed by atoms with Crippen LogP contribution in [0.25, 0.3) is 0 Å². The Kier molecular flexibility index (Phi) is 3.83. The van der Waals surface area contributed by atoms with Gasteiger partial charge in [0.05, 0.1) is 11.7 Å². The summed E-state index contributed by atoms with van der Waals surface area (Å²) in [6, 6.07) is 4.81. The number of carbonyl (C=O) groups is 1. The van der Waals surface area contributed by atoms with Crippen LogP contribution in [0, 0.1) is 12.3 Å².